The average Bonchev–Trinajstić information content (AvgIpc) is 3.24. The molecule has 0 N–H and O–H groups in total. The monoisotopic (exact) mass is 413 g/mol. The van der Waals surface area contributed by atoms with E-state index in [0.717, 1.165) is 5.56 Å². The first-order chi connectivity index (χ1) is 14.0. The number of benzene rings is 2. The zero-order chi connectivity index (χ0) is 20.4. The van der Waals surface area contributed by atoms with Gasteiger partial charge in [0.15, 0.2) is 0 Å². The smallest absolute Gasteiger partial charge is 0.246 e. The van der Waals surface area contributed by atoms with Crippen LogP contribution in [0.3, 0.4) is 0 Å². The minimum Gasteiger partial charge on any atom is -0.495 e. The van der Waals surface area contributed by atoms with Crippen LogP contribution in [0.5, 0.6) is 5.75 Å². The van der Waals surface area contributed by atoms with Gasteiger partial charge in [-0.05, 0) is 31.9 Å². The molecule has 0 aliphatic carbocycles. The Morgan fingerprint density at radius 2 is 1.76 bits per heavy atom. The summed E-state index contributed by atoms with van der Waals surface area (Å²) >= 11 is 0. The average molecular weight is 413 g/mol. The zero-order valence-electron chi connectivity index (χ0n) is 16.4. The summed E-state index contributed by atoms with van der Waals surface area (Å²) in [5, 5.41) is 4.09. The minimum absolute atomic E-state index is 0.0471. The molecule has 0 spiro atoms. The Morgan fingerprint density at radius 1 is 1.07 bits per heavy atom. The van der Waals surface area contributed by atoms with E-state index in [9.17, 15) is 8.42 Å². The summed E-state index contributed by atoms with van der Waals surface area (Å²) in [7, 11) is -2.14. The maximum absolute atomic E-state index is 13.0. The minimum atomic E-state index is -3.61. The van der Waals surface area contributed by atoms with Crippen molar-refractivity contribution in [3.8, 4) is 17.1 Å². The molecule has 0 bridgehead atoms. The summed E-state index contributed by atoms with van der Waals surface area (Å²) in [5.74, 6) is 1.53. The Balaban J connectivity index is 1.46. The van der Waals surface area contributed by atoms with Gasteiger partial charge in [-0.25, -0.2) is 8.42 Å². The van der Waals surface area contributed by atoms with Gasteiger partial charge >= 0.3 is 0 Å². The largest absolute Gasteiger partial charge is 0.495 e. The van der Waals surface area contributed by atoms with E-state index >= 15 is 0 Å². The number of ether oxygens (including phenoxy) is 1. The highest BCUT2D eigenvalue weighted by Gasteiger charge is 2.33. The van der Waals surface area contributed by atoms with Crippen molar-refractivity contribution in [2.45, 2.75) is 30.6 Å². The number of para-hydroxylation sites is 1. The van der Waals surface area contributed by atoms with E-state index in [0.29, 0.717) is 43.4 Å². The number of hydrogen-bond donors (Lipinski definition) is 0. The molecule has 0 amide bonds. The number of rotatable bonds is 5. The van der Waals surface area contributed by atoms with Crippen molar-refractivity contribution in [1.82, 2.24) is 14.4 Å². The van der Waals surface area contributed by atoms with Crippen LogP contribution in [-0.2, 0) is 10.0 Å². The molecule has 1 saturated heterocycles. The van der Waals surface area contributed by atoms with E-state index in [1.165, 1.54) is 17.0 Å². The SMILES string of the molecule is COc1ccccc1S(=O)(=O)N1CCC(c2nc(-c3ccc(C)cc3)no2)CC1. The molecule has 152 valence electrons. The van der Waals surface area contributed by atoms with Gasteiger partial charge in [0.1, 0.15) is 10.6 Å². The topological polar surface area (TPSA) is 85.5 Å². The number of aryl methyl sites for hydroxylation is 1. The summed E-state index contributed by atoms with van der Waals surface area (Å²) in [6.07, 6.45) is 1.26. The predicted octanol–water partition coefficient (Wildman–Crippen LogP) is 3.62. The normalized spacial score (nSPS) is 16.1. The van der Waals surface area contributed by atoms with Gasteiger partial charge in [0.25, 0.3) is 0 Å². The molecule has 1 aromatic heterocycles. The summed E-state index contributed by atoms with van der Waals surface area (Å²) in [4.78, 5) is 4.74. The molecule has 8 heteroatoms. The number of methoxy groups -OCH3 is 1. The third kappa shape index (κ3) is 3.90. The van der Waals surface area contributed by atoms with Crippen LogP contribution >= 0.6 is 0 Å². The van der Waals surface area contributed by atoms with Crippen LogP contribution in [0.2, 0.25) is 0 Å². The van der Waals surface area contributed by atoms with Crippen molar-refractivity contribution < 1.29 is 17.7 Å². The fourth-order valence-electron chi connectivity index (χ4n) is 3.54. The first-order valence-electron chi connectivity index (χ1n) is 9.53. The molecule has 7 nitrogen and oxygen atoms in total. The highest BCUT2D eigenvalue weighted by atomic mass is 32.2. The molecule has 0 radical (unpaired) electrons. The van der Waals surface area contributed by atoms with Crippen molar-refractivity contribution in [3.63, 3.8) is 0 Å². The fourth-order valence-corrected chi connectivity index (χ4v) is 5.16. The zero-order valence-corrected chi connectivity index (χ0v) is 17.2. The number of piperidine rings is 1. The third-order valence-corrected chi connectivity index (χ3v) is 7.18. The molecule has 0 atom stereocenters. The predicted molar refractivity (Wildman–Crippen MR) is 108 cm³/mol. The highest BCUT2D eigenvalue weighted by Crippen LogP contribution is 2.33. The Hall–Kier alpha value is -2.71. The molecule has 1 aliphatic heterocycles. The summed E-state index contributed by atoms with van der Waals surface area (Å²) in [6, 6.07) is 14.6. The molecule has 29 heavy (non-hydrogen) atoms. The van der Waals surface area contributed by atoms with Gasteiger partial charge in [0, 0.05) is 24.6 Å². The van der Waals surface area contributed by atoms with E-state index in [-0.39, 0.29) is 10.8 Å². The lowest BCUT2D eigenvalue weighted by Crippen LogP contribution is -2.38. The van der Waals surface area contributed by atoms with Gasteiger partial charge in [0.2, 0.25) is 21.7 Å². The van der Waals surface area contributed by atoms with Crippen LogP contribution in [0.4, 0.5) is 0 Å². The van der Waals surface area contributed by atoms with Crippen molar-refractivity contribution in [3.05, 3.63) is 60.0 Å². The lowest BCUT2D eigenvalue weighted by atomic mass is 9.98. The van der Waals surface area contributed by atoms with Gasteiger partial charge in [-0.3, -0.25) is 0 Å². The number of sulfonamides is 1. The van der Waals surface area contributed by atoms with E-state index < -0.39 is 10.0 Å². The van der Waals surface area contributed by atoms with E-state index in [1.54, 1.807) is 24.3 Å². The summed E-state index contributed by atoms with van der Waals surface area (Å²) in [6.45, 7) is 2.82. The first-order valence-corrected chi connectivity index (χ1v) is 11.0. The first kappa shape index (κ1) is 19.6. The Morgan fingerprint density at radius 3 is 2.45 bits per heavy atom. The van der Waals surface area contributed by atoms with Gasteiger partial charge in [-0.15, -0.1) is 0 Å². The van der Waals surface area contributed by atoms with E-state index in [2.05, 4.69) is 10.1 Å². The lowest BCUT2D eigenvalue weighted by Gasteiger charge is -2.29. The van der Waals surface area contributed by atoms with Crippen LogP contribution in [0, 0.1) is 6.92 Å². The lowest BCUT2D eigenvalue weighted by molar-refractivity contribution is 0.270. The highest BCUT2D eigenvalue weighted by molar-refractivity contribution is 7.89. The molecule has 2 aromatic carbocycles. The van der Waals surface area contributed by atoms with Gasteiger partial charge in [-0.2, -0.15) is 9.29 Å². The van der Waals surface area contributed by atoms with Crippen LogP contribution in [0.1, 0.15) is 30.2 Å². The number of nitrogens with zero attached hydrogens (tertiary/aromatic N) is 3. The third-order valence-electron chi connectivity index (χ3n) is 5.24. The fraction of sp³-hybridized carbons (Fsp3) is 0.333. The number of hydrogen-bond acceptors (Lipinski definition) is 6. The van der Waals surface area contributed by atoms with Gasteiger partial charge < -0.3 is 9.26 Å². The second kappa shape index (κ2) is 7.96. The van der Waals surface area contributed by atoms with Crippen molar-refractivity contribution >= 4 is 10.0 Å². The standard InChI is InChI=1S/C21H23N3O4S/c1-15-7-9-16(10-8-15)20-22-21(28-23-20)17-11-13-24(14-12-17)29(25,26)19-6-4-3-5-18(19)27-2/h3-10,17H,11-14H2,1-2H3. The quantitative estimate of drug-likeness (QED) is 0.635. The molecule has 0 saturated carbocycles. The van der Waals surface area contributed by atoms with E-state index in [4.69, 9.17) is 9.26 Å². The van der Waals surface area contributed by atoms with Crippen molar-refractivity contribution in [1.29, 1.82) is 0 Å². The molecule has 4 rings (SSSR count). The van der Waals surface area contributed by atoms with Gasteiger partial charge in [-0.1, -0.05) is 47.1 Å². The molecular formula is C21H23N3O4S. The summed E-state index contributed by atoms with van der Waals surface area (Å²) in [5.41, 5.74) is 2.07. The molecule has 0 unspecified atom stereocenters. The van der Waals surface area contributed by atoms with Crippen LogP contribution < -0.4 is 4.74 Å². The van der Waals surface area contributed by atoms with Crippen LogP contribution in [0.25, 0.3) is 11.4 Å². The molecule has 1 fully saturated rings. The second-order valence-corrected chi connectivity index (χ2v) is 9.06. The Bertz CT molecular complexity index is 1090. The van der Waals surface area contributed by atoms with Crippen molar-refractivity contribution in [2.24, 2.45) is 0 Å². The molecule has 1 aliphatic rings. The van der Waals surface area contributed by atoms with Crippen LogP contribution in [0.15, 0.2) is 57.9 Å². The Kier molecular flexibility index (Phi) is 5.38. The maximum Gasteiger partial charge on any atom is 0.246 e. The van der Waals surface area contributed by atoms with E-state index in [1.807, 2.05) is 31.2 Å². The molecular weight excluding hydrogens is 390 g/mol. The number of aromatic nitrogens is 2. The second-order valence-electron chi connectivity index (χ2n) is 7.15. The van der Waals surface area contributed by atoms with Crippen molar-refractivity contribution in [2.75, 3.05) is 20.2 Å². The van der Waals surface area contributed by atoms with Crippen LogP contribution in [-0.4, -0.2) is 43.1 Å². The molecule has 3 aromatic rings. The van der Waals surface area contributed by atoms with Gasteiger partial charge in [0.05, 0.1) is 7.11 Å². The molecule has 2 heterocycles. The Labute approximate surface area is 170 Å². The maximum atomic E-state index is 13.0. The summed E-state index contributed by atoms with van der Waals surface area (Å²) < 4.78 is 38.2.